The Morgan fingerprint density at radius 3 is 1.85 bits per heavy atom. The smallest absolute Gasteiger partial charge is 0.311 e. The normalized spacial score (nSPS) is 10.6. The Kier molecular flexibility index (Phi) is 13.2. The van der Waals surface area contributed by atoms with Gasteiger partial charge in [-0.1, -0.05) is 71.3 Å². The maximum atomic E-state index is 12.1. The number of benzene rings is 1. The lowest BCUT2D eigenvalue weighted by Gasteiger charge is -2.12. The lowest BCUT2D eigenvalue weighted by Crippen LogP contribution is -2.12. The minimum absolute atomic E-state index is 0.271. The Hall–Kier alpha value is -1.11. The molecule has 5 heteroatoms. The second-order valence-electron chi connectivity index (χ2n) is 6.84. The Morgan fingerprint density at radius 2 is 1.30 bits per heavy atom. The number of hydrogen-bond acceptors (Lipinski definition) is 4. The number of hydrogen-bond donors (Lipinski definition) is 0. The van der Waals surface area contributed by atoms with Gasteiger partial charge >= 0.3 is 11.9 Å². The van der Waals surface area contributed by atoms with Crippen molar-refractivity contribution in [1.82, 2.24) is 0 Å². The zero-order chi connectivity index (χ0) is 19.9. The third kappa shape index (κ3) is 10.7. The van der Waals surface area contributed by atoms with E-state index in [4.69, 9.17) is 9.47 Å². The van der Waals surface area contributed by atoms with Gasteiger partial charge in [0.1, 0.15) is 0 Å². The van der Waals surface area contributed by atoms with Gasteiger partial charge in [-0.2, -0.15) is 0 Å². The van der Waals surface area contributed by atoms with Gasteiger partial charge in [-0.05, 0) is 47.6 Å². The van der Waals surface area contributed by atoms with E-state index in [1.165, 1.54) is 25.7 Å². The molecule has 0 saturated carbocycles. The molecule has 0 unspecified atom stereocenters. The molecule has 0 spiro atoms. The van der Waals surface area contributed by atoms with Gasteiger partial charge in [-0.3, -0.25) is 9.59 Å². The lowest BCUT2D eigenvalue weighted by molar-refractivity contribution is -0.137. The molecular weight excluding hydrogens is 455 g/mol. The molecule has 0 radical (unpaired) electrons. The highest BCUT2D eigenvalue weighted by Gasteiger charge is 2.16. The number of carbonyl (C=O) groups is 2. The van der Waals surface area contributed by atoms with Crippen LogP contribution in [0.3, 0.4) is 0 Å². The molecule has 0 amide bonds. The first-order chi connectivity index (χ1) is 13.1. The number of halogens is 1. The van der Waals surface area contributed by atoms with E-state index in [2.05, 4.69) is 36.4 Å². The Bertz CT molecular complexity index is 571. The van der Waals surface area contributed by atoms with Gasteiger partial charge in [0.15, 0.2) is 11.5 Å². The Labute approximate surface area is 177 Å². The lowest BCUT2D eigenvalue weighted by atomic mass is 10.1. The minimum Gasteiger partial charge on any atom is -0.422 e. The summed E-state index contributed by atoms with van der Waals surface area (Å²) >= 11 is 2.10. The van der Waals surface area contributed by atoms with Crippen LogP contribution in [0.5, 0.6) is 11.5 Å². The van der Waals surface area contributed by atoms with Crippen LogP contribution >= 0.6 is 22.6 Å². The van der Waals surface area contributed by atoms with Gasteiger partial charge in [0, 0.05) is 12.8 Å². The zero-order valence-corrected chi connectivity index (χ0v) is 18.9. The third-order valence-corrected chi connectivity index (χ3v) is 5.19. The van der Waals surface area contributed by atoms with Crippen LogP contribution in [-0.2, 0) is 9.59 Å². The first-order valence-electron chi connectivity index (χ1n) is 10.3. The van der Waals surface area contributed by atoms with Crippen molar-refractivity contribution in [1.29, 1.82) is 0 Å². The number of carbonyl (C=O) groups excluding carboxylic acids is 2. The summed E-state index contributed by atoms with van der Waals surface area (Å²) in [7, 11) is 0. The zero-order valence-electron chi connectivity index (χ0n) is 16.7. The van der Waals surface area contributed by atoms with Gasteiger partial charge in [0.25, 0.3) is 0 Å². The van der Waals surface area contributed by atoms with E-state index in [0.29, 0.717) is 24.3 Å². The molecule has 1 rings (SSSR count). The third-order valence-electron chi connectivity index (χ3n) is 4.34. The van der Waals surface area contributed by atoms with Crippen LogP contribution in [0, 0.1) is 3.57 Å². The standard InChI is InChI=1S/C22H33IO4/c1-3-5-7-9-11-16-20(24)26-19-15-13-14-18(23)22(19)27-21(25)17-12-10-8-6-4-2/h13-15H,3-12,16-17H2,1-2H3. The summed E-state index contributed by atoms with van der Waals surface area (Å²) in [4.78, 5) is 24.2. The largest absolute Gasteiger partial charge is 0.422 e. The van der Waals surface area contributed by atoms with Gasteiger partial charge in [-0.25, -0.2) is 0 Å². The number of ether oxygens (including phenoxy) is 2. The molecule has 0 bridgehead atoms. The van der Waals surface area contributed by atoms with Crippen molar-refractivity contribution in [2.75, 3.05) is 0 Å². The van der Waals surface area contributed by atoms with Crippen LogP contribution in [0.4, 0.5) is 0 Å². The van der Waals surface area contributed by atoms with Crippen molar-refractivity contribution in [3.8, 4) is 11.5 Å². The minimum atomic E-state index is -0.273. The monoisotopic (exact) mass is 488 g/mol. The quantitative estimate of drug-likeness (QED) is 0.125. The second-order valence-corrected chi connectivity index (χ2v) is 8.01. The van der Waals surface area contributed by atoms with Crippen molar-refractivity contribution in [3.05, 3.63) is 21.8 Å². The molecule has 152 valence electrons. The maximum Gasteiger partial charge on any atom is 0.311 e. The predicted octanol–water partition coefficient (Wildman–Crippen LogP) is 6.82. The highest BCUT2D eigenvalue weighted by Crippen LogP contribution is 2.33. The Morgan fingerprint density at radius 1 is 0.778 bits per heavy atom. The molecule has 0 aromatic heterocycles. The van der Waals surface area contributed by atoms with Crippen molar-refractivity contribution in [3.63, 3.8) is 0 Å². The summed E-state index contributed by atoms with van der Waals surface area (Å²) in [5.41, 5.74) is 0. The van der Waals surface area contributed by atoms with Gasteiger partial charge < -0.3 is 9.47 Å². The second kappa shape index (κ2) is 14.9. The average Bonchev–Trinajstić information content (AvgIpc) is 2.64. The molecule has 0 atom stereocenters. The topological polar surface area (TPSA) is 52.6 Å². The predicted molar refractivity (Wildman–Crippen MR) is 117 cm³/mol. The van der Waals surface area contributed by atoms with Crippen LogP contribution in [0.25, 0.3) is 0 Å². The number of unbranched alkanes of at least 4 members (excludes halogenated alkanes) is 8. The van der Waals surface area contributed by atoms with E-state index >= 15 is 0 Å². The molecule has 0 saturated heterocycles. The summed E-state index contributed by atoms with van der Waals surface area (Å²) in [5.74, 6) is 0.147. The molecule has 0 N–H and O–H groups in total. The molecule has 0 heterocycles. The first kappa shape index (κ1) is 23.9. The highest BCUT2D eigenvalue weighted by molar-refractivity contribution is 14.1. The molecule has 27 heavy (non-hydrogen) atoms. The van der Waals surface area contributed by atoms with Crippen LogP contribution in [0.15, 0.2) is 18.2 Å². The molecule has 0 aliphatic carbocycles. The molecule has 0 aliphatic heterocycles. The van der Waals surface area contributed by atoms with Gasteiger partial charge in [0.2, 0.25) is 0 Å². The summed E-state index contributed by atoms with van der Waals surface area (Å²) in [6.07, 6.45) is 11.6. The van der Waals surface area contributed by atoms with Crippen LogP contribution < -0.4 is 9.47 Å². The van der Waals surface area contributed by atoms with Crippen molar-refractivity contribution < 1.29 is 19.1 Å². The van der Waals surface area contributed by atoms with Crippen molar-refractivity contribution in [2.45, 2.75) is 90.9 Å². The highest BCUT2D eigenvalue weighted by atomic mass is 127. The van der Waals surface area contributed by atoms with E-state index in [1.54, 1.807) is 12.1 Å². The average molecular weight is 488 g/mol. The van der Waals surface area contributed by atoms with Gasteiger partial charge in [0.05, 0.1) is 3.57 Å². The van der Waals surface area contributed by atoms with E-state index in [9.17, 15) is 9.59 Å². The fourth-order valence-electron chi connectivity index (χ4n) is 2.75. The first-order valence-corrected chi connectivity index (χ1v) is 11.4. The summed E-state index contributed by atoms with van der Waals surface area (Å²) in [6.45, 7) is 4.33. The van der Waals surface area contributed by atoms with E-state index in [-0.39, 0.29) is 11.9 Å². The van der Waals surface area contributed by atoms with Crippen molar-refractivity contribution >= 4 is 34.5 Å². The molecule has 0 fully saturated rings. The van der Waals surface area contributed by atoms with E-state index < -0.39 is 0 Å². The van der Waals surface area contributed by atoms with Crippen LogP contribution in [0.1, 0.15) is 90.9 Å². The Balaban J connectivity index is 2.50. The fraction of sp³-hybridized carbons (Fsp3) is 0.636. The molecule has 1 aromatic rings. The molecule has 1 aromatic carbocycles. The molecule has 4 nitrogen and oxygen atoms in total. The van der Waals surface area contributed by atoms with E-state index in [0.717, 1.165) is 42.1 Å². The van der Waals surface area contributed by atoms with E-state index in [1.807, 2.05) is 6.07 Å². The van der Waals surface area contributed by atoms with Crippen LogP contribution in [-0.4, -0.2) is 11.9 Å². The summed E-state index contributed by atoms with van der Waals surface area (Å²) in [6, 6.07) is 5.32. The van der Waals surface area contributed by atoms with Crippen molar-refractivity contribution in [2.24, 2.45) is 0 Å². The SMILES string of the molecule is CCCCCCCC(=O)Oc1cccc(I)c1OC(=O)CCCCCCC. The summed E-state index contributed by atoms with van der Waals surface area (Å²) in [5, 5.41) is 0. The van der Waals surface area contributed by atoms with Crippen LogP contribution in [0.2, 0.25) is 0 Å². The van der Waals surface area contributed by atoms with Gasteiger partial charge in [-0.15, -0.1) is 0 Å². The molecular formula is C22H33IO4. The number of para-hydroxylation sites is 1. The fourth-order valence-corrected chi connectivity index (χ4v) is 3.34. The maximum absolute atomic E-state index is 12.1. The molecule has 0 aliphatic rings. The number of rotatable bonds is 14. The number of esters is 2. The summed E-state index contributed by atoms with van der Waals surface area (Å²) < 4.78 is 11.8.